The van der Waals surface area contributed by atoms with Gasteiger partial charge in [-0.25, -0.2) is 0 Å². The standard InChI is InChI=1S/C14H23ClN2O.ClH/c1-13(2,3)14(18,10-17-16)9-8-11-4-6-12(15)7-5-11;/h4-7,17-18H,8-10,16H2,1-3H3;1H. The van der Waals surface area contributed by atoms with Crippen molar-refractivity contribution in [3.8, 4) is 0 Å². The molecule has 0 aliphatic rings. The first-order chi connectivity index (χ1) is 8.28. The lowest BCUT2D eigenvalue weighted by Crippen LogP contribution is -2.52. The molecule has 0 aliphatic heterocycles. The largest absolute Gasteiger partial charge is 0.388 e. The van der Waals surface area contributed by atoms with E-state index in [0.717, 1.165) is 11.4 Å². The minimum atomic E-state index is -0.832. The molecule has 1 aromatic carbocycles. The van der Waals surface area contributed by atoms with Crippen molar-refractivity contribution >= 4 is 24.0 Å². The summed E-state index contributed by atoms with van der Waals surface area (Å²) in [6.07, 6.45) is 1.45. The van der Waals surface area contributed by atoms with Gasteiger partial charge in [0.05, 0.1) is 5.60 Å². The van der Waals surface area contributed by atoms with Crippen molar-refractivity contribution in [1.82, 2.24) is 5.43 Å². The van der Waals surface area contributed by atoms with E-state index in [2.05, 4.69) is 5.43 Å². The van der Waals surface area contributed by atoms with E-state index in [1.165, 1.54) is 5.56 Å². The number of aliphatic hydroxyl groups is 1. The van der Waals surface area contributed by atoms with Crippen LogP contribution in [0.15, 0.2) is 24.3 Å². The maximum absolute atomic E-state index is 10.7. The van der Waals surface area contributed by atoms with E-state index in [0.29, 0.717) is 13.0 Å². The van der Waals surface area contributed by atoms with Gasteiger partial charge in [0.1, 0.15) is 0 Å². The third-order valence-electron chi connectivity index (χ3n) is 3.53. The number of benzene rings is 1. The summed E-state index contributed by atoms with van der Waals surface area (Å²) in [5.41, 5.74) is 2.69. The average Bonchev–Trinajstić information content (AvgIpc) is 2.27. The number of aryl methyl sites for hydroxylation is 1. The summed E-state index contributed by atoms with van der Waals surface area (Å²) in [5.74, 6) is 5.37. The Kier molecular flexibility index (Phi) is 7.33. The van der Waals surface area contributed by atoms with Crippen LogP contribution in [0.5, 0.6) is 0 Å². The third kappa shape index (κ3) is 5.28. The fourth-order valence-electron chi connectivity index (χ4n) is 1.90. The number of nitrogens with two attached hydrogens (primary N) is 1. The van der Waals surface area contributed by atoms with Crippen molar-refractivity contribution in [2.24, 2.45) is 11.3 Å². The van der Waals surface area contributed by atoms with E-state index in [4.69, 9.17) is 17.4 Å². The highest BCUT2D eigenvalue weighted by atomic mass is 35.5. The van der Waals surface area contributed by atoms with Gasteiger partial charge >= 0.3 is 0 Å². The number of rotatable bonds is 5. The van der Waals surface area contributed by atoms with Gasteiger partial charge in [0.2, 0.25) is 0 Å². The summed E-state index contributed by atoms with van der Waals surface area (Å²) in [7, 11) is 0. The number of hydrogen-bond acceptors (Lipinski definition) is 3. The molecular formula is C14H24Cl2N2O. The fourth-order valence-corrected chi connectivity index (χ4v) is 2.03. The average molecular weight is 307 g/mol. The van der Waals surface area contributed by atoms with Crippen LogP contribution in [0.1, 0.15) is 32.8 Å². The minimum Gasteiger partial charge on any atom is -0.388 e. The Morgan fingerprint density at radius 3 is 2.16 bits per heavy atom. The van der Waals surface area contributed by atoms with Gasteiger partial charge in [-0.1, -0.05) is 44.5 Å². The van der Waals surface area contributed by atoms with Gasteiger partial charge in [0, 0.05) is 11.6 Å². The predicted octanol–water partition coefficient (Wildman–Crippen LogP) is 2.93. The number of hydrazine groups is 1. The van der Waals surface area contributed by atoms with E-state index < -0.39 is 5.60 Å². The van der Waals surface area contributed by atoms with Crippen molar-refractivity contribution < 1.29 is 5.11 Å². The molecule has 0 saturated heterocycles. The highest BCUT2D eigenvalue weighted by Gasteiger charge is 2.38. The predicted molar refractivity (Wildman–Crippen MR) is 83.6 cm³/mol. The lowest BCUT2D eigenvalue weighted by Gasteiger charge is -2.40. The maximum atomic E-state index is 10.7. The highest BCUT2D eigenvalue weighted by Crippen LogP contribution is 2.33. The summed E-state index contributed by atoms with van der Waals surface area (Å²) in [6.45, 7) is 6.44. The molecule has 0 saturated carbocycles. The van der Waals surface area contributed by atoms with Gasteiger partial charge in [0.15, 0.2) is 0 Å². The molecule has 0 fully saturated rings. The molecule has 1 aromatic rings. The van der Waals surface area contributed by atoms with Gasteiger partial charge in [-0.3, -0.25) is 11.3 Å². The lowest BCUT2D eigenvalue weighted by atomic mass is 9.73. The molecule has 1 rings (SSSR count). The molecule has 0 radical (unpaired) electrons. The molecule has 19 heavy (non-hydrogen) atoms. The van der Waals surface area contributed by atoms with E-state index in [-0.39, 0.29) is 17.8 Å². The molecule has 0 spiro atoms. The molecular weight excluding hydrogens is 283 g/mol. The minimum absolute atomic E-state index is 0. The molecule has 1 atom stereocenters. The molecule has 4 N–H and O–H groups in total. The molecule has 0 aromatic heterocycles. The summed E-state index contributed by atoms with van der Waals surface area (Å²) in [5, 5.41) is 11.4. The van der Waals surface area contributed by atoms with Gasteiger partial charge in [-0.15, -0.1) is 12.4 Å². The first-order valence-corrected chi connectivity index (χ1v) is 6.56. The molecule has 3 nitrogen and oxygen atoms in total. The van der Waals surface area contributed by atoms with Crippen LogP contribution in [0.4, 0.5) is 0 Å². The molecule has 5 heteroatoms. The number of nitrogens with one attached hydrogen (secondary N) is 1. The zero-order valence-corrected chi connectivity index (χ0v) is 13.3. The van der Waals surface area contributed by atoms with Crippen LogP contribution in [0.2, 0.25) is 5.02 Å². The van der Waals surface area contributed by atoms with Gasteiger partial charge in [-0.2, -0.15) is 0 Å². The van der Waals surface area contributed by atoms with Crippen molar-refractivity contribution in [3.05, 3.63) is 34.9 Å². The quantitative estimate of drug-likeness (QED) is 0.579. The van der Waals surface area contributed by atoms with E-state index in [1.54, 1.807) is 0 Å². The molecule has 1 unspecified atom stereocenters. The zero-order valence-electron chi connectivity index (χ0n) is 11.7. The third-order valence-corrected chi connectivity index (χ3v) is 3.78. The summed E-state index contributed by atoms with van der Waals surface area (Å²) in [4.78, 5) is 0. The molecule has 0 amide bonds. The second kappa shape index (κ2) is 7.46. The SMILES string of the molecule is CC(C)(C)C(O)(CCc1ccc(Cl)cc1)CNN.Cl. The van der Waals surface area contributed by atoms with Crippen molar-refractivity contribution in [3.63, 3.8) is 0 Å². The first kappa shape index (κ1) is 18.7. The van der Waals surface area contributed by atoms with Crippen molar-refractivity contribution in [1.29, 1.82) is 0 Å². The first-order valence-electron chi connectivity index (χ1n) is 6.19. The maximum Gasteiger partial charge on any atom is 0.0836 e. The summed E-state index contributed by atoms with van der Waals surface area (Å²) in [6, 6.07) is 7.71. The zero-order chi connectivity index (χ0) is 13.8. The van der Waals surface area contributed by atoms with Crippen LogP contribution in [-0.4, -0.2) is 17.3 Å². The Bertz CT molecular complexity index is 376. The van der Waals surface area contributed by atoms with Crippen LogP contribution < -0.4 is 11.3 Å². The Hall–Kier alpha value is -0.320. The lowest BCUT2D eigenvalue weighted by molar-refractivity contribution is -0.0622. The molecule has 0 heterocycles. The molecule has 110 valence electrons. The van der Waals surface area contributed by atoms with Crippen LogP contribution in [-0.2, 0) is 6.42 Å². The topological polar surface area (TPSA) is 58.3 Å². The fraction of sp³-hybridized carbons (Fsp3) is 0.571. The van der Waals surface area contributed by atoms with Crippen LogP contribution >= 0.6 is 24.0 Å². The monoisotopic (exact) mass is 306 g/mol. The summed E-state index contributed by atoms with van der Waals surface area (Å²) >= 11 is 5.85. The number of halogens is 2. The van der Waals surface area contributed by atoms with Crippen molar-refractivity contribution in [2.75, 3.05) is 6.54 Å². The highest BCUT2D eigenvalue weighted by molar-refractivity contribution is 6.30. The van der Waals surface area contributed by atoms with E-state index >= 15 is 0 Å². The Labute approximate surface area is 126 Å². The van der Waals surface area contributed by atoms with Crippen LogP contribution in [0.3, 0.4) is 0 Å². The Balaban J connectivity index is 0.00000324. The molecule has 0 bridgehead atoms. The van der Waals surface area contributed by atoms with E-state index in [9.17, 15) is 5.11 Å². The smallest absolute Gasteiger partial charge is 0.0836 e. The van der Waals surface area contributed by atoms with Crippen LogP contribution in [0.25, 0.3) is 0 Å². The Morgan fingerprint density at radius 1 is 1.21 bits per heavy atom. The van der Waals surface area contributed by atoms with Gasteiger partial charge < -0.3 is 5.11 Å². The van der Waals surface area contributed by atoms with E-state index in [1.807, 2.05) is 45.0 Å². The van der Waals surface area contributed by atoms with Gasteiger partial charge in [-0.05, 0) is 36.0 Å². The van der Waals surface area contributed by atoms with Gasteiger partial charge in [0.25, 0.3) is 0 Å². The second-order valence-electron chi connectivity index (χ2n) is 5.79. The van der Waals surface area contributed by atoms with Crippen LogP contribution in [0, 0.1) is 5.41 Å². The van der Waals surface area contributed by atoms with Crippen molar-refractivity contribution in [2.45, 2.75) is 39.2 Å². The Morgan fingerprint density at radius 2 is 1.74 bits per heavy atom. The number of hydrogen-bond donors (Lipinski definition) is 3. The second-order valence-corrected chi connectivity index (χ2v) is 6.23. The summed E-state index contributed by atoms with van der Waals surface area (Å²) < 4.78 is 0. The molecule has 0 aliphatic carbocycles. The normalized spacial score (nSPS) is 14.6.